The molecule has 3 heteroatoms. The van der Waals surface area contributed by atoms with Crippen molar-refractivity contribution in [1.29, 1.82) is 0 Å². The molecule has 100 valence electrons. The third kappa shape index (κ3) is 4.49. The number of rotatable bonds is 4. The lowest BCUT2D eigenvalue weighted by Crippen LogP contribution is -2.12. The Kier molecular flexibility index (Phi) is 4.91. The number of hydrogen-bond donors (Lipinski definition) is 0. The highest BCUT2D eigenvalue weighted by Crippen LogP contribution is 2.22. The van der Waals surface area contributed by atoms with Crippen LogP contribution in [0.1, 0.15) is 50.5 Å². The second-order valence-electron chi connectivity index (χ2n) is 5.88. The summed E-state index contributed by atoms with van der Waals surface area (Å²) >= 11 is 0. The molecule has 0 aliphatic heterocycles. The molecule has 0 N–H and O–H groups in total. The largest absolute Gasteiger partial charge is 0.373 e. The monoisotopic (exact) mass is 250 g/mol. The molecule has 0 amide bonds. The molecule has 0 radical (unpaired) electrons. The van der Waals surface area contributed by atoms with E-state index in [-0.39, 0.29) is 5.41 Å². The maximum absolute atomic E-state index is 11.6. The van der Waals surface area contributed by atoms with Gasteiger partial charge < -0.3 is 0 Å². The number of carbonyl (C=O) groups excluding carboxylic acids is 1. The number of benzene rings is 1. The summed E-state index contributed by atoms with van der Waals surface area (Å²) < 4.78 is 0. The molecule has 1 aromatic carbocycles. The Morgan fingerprint density at radius 2 is 1.72 bits per heavy atom. The highest BCUT2D eigenvalue weighted by Gasteiger charge is 2.15. The Morgan fingerprint density at radius 3 is 2.17 bits per heavy atom. The minimum absolute atomic E-state index is 0.0799. The van der Waals surface area contributed by atoms with Crippen LogP contribution in [0, 0.1) is 5.92 Å². The number of carbonyl (C=O) groups is 1. The molecular formula is C15H22O3. The minimum Gasteiger partial charge on any atom is -0.293 e. The van der Waals surface area contributed by atoms with Crippen molar-refractivity contribution in [2.75, 3.05) is 6.61 Å². The lowest BCUT2D eigenvalue weighted by molar-refractivity contribution is -0.246. The van der Waals surface area contributed by atoms with Gasteiger partial charge in [-0.2, -0.15) is 4.89 Å². The van der Waals surface area contributed by atoms with E-state index in [4.69, 9.17) is 9.78 Å². The van der Waals surface area contributed by atoms with Crippen LogP contribution < -0.4 is 0 Å². The highest BCUT2D eigenvalue weighted by molar-refractivity contribution is 5.88. The average molecular weight is 250 g/mol. The Hall–Kier alpha value is -1.35. The molecule has 0 saturated heterocycles. The molecule has 0 saturated carbocycles. The lowest BCUT2D eigenvalue weighted by atomic mass is 9.87. The molecule has 1 aromatic rings. The van der Waals surface area contributed by atoms with E-state index in [9.17, 15) is 4.79 Å². The standard InChI is InChI=1S/C15H22O3/c1-11(2)10-17-18-14(16)12-6-8-13(9-7-12)15(3,4)5/h6-9,11H,10H2,1-5H3. The van der Waals surface area contributed by atoms with Crippen LogP contribution in [0.2, 0.25) is 0 Å². The lowest BCUT2D eigenvalue weighted by Gasteiger charge is -2.18. The van der Waals surface area contributed by atoms with Gasteiger partial charge in [0.25, 0.3) is 0 Å². The van der Waals surface area contributed by atoms with Crippen LogP contribution >= 0.6 is 0 Å². The van der Waals surface area contributed by atoms with Crippen LogP contribution in [0.3, 0.4) is 0 Å². The Labute approximate surface area is 109 Å². The second-order valence-corrected chi connectivity index (χ2v) is 5.88. The van der Waals surface area contributed by atoms with Crippen molar-refractivity contribution < 1.29 is 14.6 Å². The van der Waals surface area contributed by atoms with Crippen LogP contribution in [0.15, 0.2) is 24.3 Å². The van der Waals surface area contributed by atoms with Gasteiger partial charge in [-0.1, -0.05) is 46.8 Å². The van der Waals surface area contributed by atoms with Gasteiger partial charge in [-0.15, -0.1) is 0 Å². The zero-order valence-electron chi connectivity index (χ0n) is 11.8. The Balaban J connectivity index is 2.60. The fourth-order valence-electron chi connectivity index (χ4n) is 1.38. The molecule has 18 heavy (non-hydrogen) atoms. The summed E-state index contributed by atoms with van der Waals surface area (Å²) in [6.07, 6.45) is 0. The Morgan fingerprint density at radius 1 is 1.17 bits per heavy atom. The van der Waals surface area contributed by atoms with Crippen molar-refractivity contribution in [3.63, 3.8) is 0 Å². The molecule has 0 aliphatic carbocycles. The highest BCUT2D eigenvalue weighted by atomic mass is 17.2. The SMILES string of the molecule is CC(C)COOC(=O)c1ccc(C(C)(C)C)cc1. The molecule has 0 unspecified atom stereocenters. The van der Waals surface area contributed by atoms with E-state index in [0.29, 0.717) is 18.1 Å². The van der Waals surface area contributed by atoms with E-state index in [2.05, 4.69) is 20.8 Å². The summed E-state index contributed by atoms with van der Waals surface area (Å²) in [7, 11) is 0. The van der Waals surface area contributed by atoms with Gasteiger partial charge in [0.2, 0.25) is 0 Å². The van der Waals surface area contributed by atoms with E-state index in [1.165, 1.54) is 5.56 Å². The normalized spacial score (nSPS) is 11.7. The van der Waals surface area contributed by atoms with E-state index >= 15 is 0 Å². The topological polar surface area (TPSA) is 35.5 Å². The summed E-state index contributed by atoms with van der Waals surface area (Å²) in [4.78, 5) is 21.2. The molecule has 0 spiro atoms. The third-order valence-electron chi connectivity index (χ3n) is 2.52. The molecule has 0 aromatic heterocycles. The quantitative estimate of drug-likeness (QED) is 0.603. The maximum atomic E-state index is 11.6. The van der Waals surface area contributed by atoms with Crippen LogP contribution in [-0.2, 0) is 15.2 Å². The van der Waals surface area contributed by atoms with Gasteiger partial charge in [-0.3, -0.25) is 4.89 Å². The average Bonchev–Trinajstić information content (AvgIpc) is 2.27. The van der Waals surface area contributed by atoms with Gasteiger partial charge in [0.05, 0.1) is 12.2 Å². The van der Waals surface area contributed by atoms with E-state index in [0.717, 1.165) is 0 Å². The summed E-state index contributed by atoms with van der Waals surface area (Å²) in [6.45, 7) is 10.8. The predicted molar refractivity (Wildman–Crippen MR) is 71.3 cm³/mol. The summed E-state index contributed by atoms with van der Waals surface area (Å²) in [5.74, 6) is -0.114. The summed E-state index contributed by atoms with van der Waals surface area (Å²) in [6, 6.07) is 7.42. The van der Waals surface area contributed by atoms with E-state index in [1.54, 1.807) is 12.1 Å². The zero-order chi connectivity index (χ0) is 13.8. The van der Waals surface area contributed by atoms with Crippen molar-refractivity contribution in [2.45, 2.75) is 40.0 Å². The van der Waals surface area contributed by atoms with Gasteiger partial charge >= 0.3 is 5.97 Å². The predicted octanol–water partition coefficient (Wildman–Crippen LogP) is 3.73. The first-order valence-corrected chi connectivity index (χ1v) is 6.25. The first kappa shape index (κ1) is 14.7. The molecular weight excluding hydrogens is 228 g/mol. The molecule has 0 aliphatic rings. The van der Waals surface area contributed by atoms with Gasteiger partial charge in [0.15, 0.2) is 0 Å². The van der Waals surface area contributed by atoms with Crippen molar-refractivity contribution in [1.82, 2.24) is 0 Å². The second kappa shape index (κ2) is 6.01. The first-order chi connectivity index (χ1) is 8.30. The van der Waals surface area contributed by atoms with E-state index in [1.807, 2.05) is 26.0 Å². The van der Waals surface area contributed by atoms with Gasteiger partial charge in [-0.05, 0) is 29.0 Å². The molecule has 0 heterocycles. The molecule has 0 bridgehead atoms. The number of hydrogen-bond acceptors (Lipinski definition) is 3. The van der Waals surface area contributed by atoms with Crippen LogP contribution in [0.4, 0.5) is 0 Å². The molecule has 1 rings (SSSR count). The van der Waals surface area contributed by atoms with Crippen molar-refractivity contribution in [3.05, 3.63) is 35.4 Å². The van der Waals surface area contributed by atoms with Crippen LogP contribution in [0.5, 0.6) is 0 Å². The minimum atomic E-state index is -0.448. The van der Waals surface area contributed by atoms with Crippen LogP contribution in [0.25, 0.3) is 0 Å². The third-order valence-corrected chi connectivity index (χ3v) is 2.52. The first-order valence-electron chi connectivity index (χ1n) is 6.25. The fraction of sp³-hybridized carbons (Fsp3) is 0.533. The van der Waals surface area contributed by atoms with Crippen LogP contribution in [-0.4, -0.2) is 12.6 Å². The summed E-state index contributed by atoms with van der Waals surface area (Å²) in [5.41, 5.74) is 1.77. The maximum Gasteiger partial charge on any atom is 0.373 e. The molecule has 3 nitrogen and oxygen atoms in total. The molecule has 0 fully saturated rings. The Bertz CT molecular complexity index is 385. The van der Waals surface area contributed by atoms with Crippen molar-refractivity contribution in [2.24, 2.45) is 5.92 Å². The van der Waals surface area contributed by atoms with Gasteiger partial charge in [0.1, 0.15) is 0 Å². The summed E-state index contributed by atoms with van der Waals surface area (Å²) in [5, 5.41) is 0. The van der Waals surface area contributed by atoms with Crippen molar-refractivity contribution in [3.8, 4) is 0 Å². The van der Waals surface area contributed by atoms with Gasteiger partial charge in [-0.25, -0.2) is 4.79 Å². The fourth-order valence-corrected chi connectivity index (χ4v) is 1.38. The molecule has 0 atom stereocenters. The smallest absolute Gasteiger partial charge is 0.293 e. The van der Waals surface area contributed by atoms with E-state index < -0.39 is 5.97 Å². The van der Waals surface area contributed by atoms with Crippen molar-refractivity contribution >= 4 is 5.97 Å². The zero-order valence-corrected chi connectivity index (χ0v) is 11.8. The van der Waals surface area contributed by atoms with Gasteiger partial charge in [0, 0.05) is 0 Å².